The molecule has 0 aliphatic heterocycles. The van der Waals surface area contributed by atoms with Gasteiger partial charge < -0.3 is 5.11 Å². The lowest BCUT2D eigenvalue weighted by Gasteiger charge is -2.04. The van der Waals surface area contributed by atoms with Crippen LogP contribution in [0.4, 0.5) is 0 Å². The van der Waals surface area contributed by atoms with Gasteiger partial charge in [-0.05, 0) is 12.1 Å². The van der Waals surface area contributed by atoms with Gasteiger partial charge in [0.15, 0.2) is 5.15 Å². The van der Waals surface area contributed by atoms with Crippen LogP contribution < -0.4 is 0 Å². The van der Waals surface area contributed by atoms with E-state index in [1.54, 1.807) is 12.1 Å². The van der Waals surface area contributed by atoms with Crippen molar-refractivity contribution >= 4 is 29.2 Å². The molecule has 0 saturated heterocycles. The minimum atomic E-state index is -1.23. The third-order valence-electron chi connectivity index (χ3n) is 1.95. The molecule has 0 aliphatic carbocycles. The summed E-state index contributed by atoms with van der Waals surface area (Å²) in [5.74, 6) is -1.25. The molecule has 2 aromatic rings. The first-order valence-electron chi connectivity index (χ1n) is 4.49. The molecule has 17 heavy (non-hydrogen) atoms. The van der Waals surface area contributed by atoms with E-state index in [9.17, 15) is 4.79 Å². The van der Waals surface area contributed by atoms with Crippen molar-refractivity contribution in [3.63, 3.8) is 0 Å². The number of hydrogen-bond acceptors (Lipinski definition) is 4. The van der Waals surface area contributed by atoms with E-state index in [2.05, 4.69) is 15.1 Å². The van der Waals surface area contributed by atoms with Gasteiger partial charge in [0.05, 0.1) is 5.88 Å². The van der Waals surface area contributed by atoms with E-state index in [0.717, 1.165) is 0 Å². The quantitative estimate of drug-likeness (QED) is 0.680. The van der Waals surface area contributed by atoms with E-state index in [4.69, 9.17) is 28.3 Å². The van der Waals surface area contributed by atoms with Crippen LogP contribution in [-0.2, 0) is 5.88 Å². The SMILES string of the molecule is O=C(O)c1nc(CCl)n(-c2cccnc2Cl)n1. The van der Waals surface area contributed by atoms with E-state index < -0.39 is 5.97 Å². The monoisotopic (exact) mass is 272 g/mol. The Labute approximate surface area is 106 Å². The topological polar surface area (TPSA) is 80.9 Å². The summed E-state index contributed by atoms with van der Waals surface area (Å²) in [5.41, 5.74) is 0.435. The Morgan fingerprint density at radius 3 is 2.88 bits per heavy atom. The average Bonchev–Trinajstić information content (AvgIpc) is 2.73. The number of halogens is 2. The molecule has 0 atom stereocenters. The van der Waals surface area contributed by atoms with Crippen LogP contribution in [0.1, 0.15) is 16.4 Å². The van der Waals surface area contributed by atoms with E-state index in [0.29, 0.717) is 11.5 Å². The third kappa shape index (κ3) is 2.22. The molecule has 2 aromatic heterocycles. The molecule has 0 saturated carbocycles. The first-order chi connectivity index (χ1) is 8.13. The molecule has 0 bridgehead atoms. The van der Waals surface area contributed by atoms with Gasteiger partial charge >= 0.3 is 5.97 Å². The zero-order chi connectivity index (χ0) is 12.4. The molecule has 0 spiro atoms. The van der Waals surface area contributed by atoms with E-state index >= 15 is 0 Å². The Hall–Kier alpha value is -1.66. The highest BCUT2D eigenvalue weighted by molar-refractivity contribution is 6.31. The average molecular weight is 273 g/mol. The van der Waals surface area contributed by atoms with Crippen LogP contribution in [0.2, 0.25) is 5.15 Å². The summed E-state index contributed by atoms with van der Waals surface area (Å²) in [6.07, 6.45) is 1.52. The summed E-state index contributed by atoms with van der Waals surface area (Å²) in [5, 5.41) is 12.8. The maximum Gasteiger partial charge on any atom is 0.375 e. The molecule has 1 N–H and O–H groups in total. The Bertz CT molecular complexity index is 570. The van der Waals surface area contributed by atoms with E-state index in [1.807, 2.05) is 0 Å². The first kappa shape index (κ1) is 11.8. The molecule has 0 amide bonds. The normalized spacial score (nSPS) is 10.5. The first-order valence-corrected chi connectivity index (χ1v) is 5.41. The van der Waals surface area contributed by atoms with Gasteiger partial charge in [0.1, 0.15) is 11.5 Å². The fourth-order valence-corrected chi connectivity index (χ4v) is 1.62. The van der Waals surface area contributed by atoms with Gasteiger partial charge in [0.2, 0.25) is 0 Å². The Kier molecular flexibility index (Phi) is 3.26. The molecule has 8 heteroatoms. The number of carbonyl (C=O) groups is 1. The lowest BCUT2D eigenvalue weighted by atomic mass is 10.4. The minimum Gasteiger partial charge on any atom is -0.475 e. The second-order valence-corrected chi connectivity index (χ2v) is 3.64. The lowest BCUT2D eigenvalue weighted by Crippen LogP contribution is -2.04. The van der Waals surface area contributed by atoms with Crippen molar-refractivity contribution in [1.29, 1.82) is 0 Å². The van der Waals surface area contributed by atoms with Gasteiger partial charge in [-0.15, -0.1) is 16.7 Å². The highest BCUT2D eigenvalue weighted by atomic mass is 35.5. The van der Waals surface area contributed by atoms with Crippen LogP contribution in [0.5, 0.6) is 0 Å². The number of nitrogens with zero attached hydrogens (tertiary/aromatic N) is 4. The van der Waals surface area contributed by atoms with Gasteiger partial charge in [-0.2, -0.15) is 0 Å². The fraction of sp³-hybridized carbons (Fsp3) is 0.111. The van der Waals surface area contributed by atoms with Crippen LogP contribution in [-0.4, -0.2) is 30.8 Å². The van der Waals surface area contributed by atoms with Crippen molar-refractivity contribution in [2.75, 3.05) is 0 Å². The Balaban J connectivity index is 2.59. The summed E-state index contributed by atoms with van der Waals surface area (Å²) in [6.45, 7) is 0. The van der Waals surface area contributed by atoms with Gasteiger partial charge in [0, 0.05) is 6.20 Å². The number of aromatic nitrogens is 4. The van der Waals surface area contributed by atoms with Crippen LogP contribution in [0, 0.1) is 0 Å². The minimum absolute atomic E-state index is 0.0193. The highest BCUT2D eigenvalue weighted by Crippen LogP contribution is 2.18. The molecule has 6 nitrogen and oxygen atoms in total. The largest absolute Gasteiger partial charge is 0.475 e. The highest BCUT2D eigenvalue weighted by Gasteiger charge is 2.17. The van der Waals surface area contributed by atoms with Crippen molar-refractivity contribution in [3.8, 4) is 5.69 Å². The maximum absolute atomic E-state index is 10.8. The van der Waals surface area contributed by atoms with Gasteiger partial charge in [-0.1, -0.05) is 11.6 Å². The number of aromatic carboxylic acids is 1. The van der Waals surface area contributed by atoms with Crippen molar-refractivity contribution in [2.24, 2.45) is 0 Å². The molecule has 2 rings (SSSR count). The predicted molar refractivity (Wildman–Crippen MR) is 60.7 cm³/mol. The molecule has 0 unspecified atom stereocenters. The summed E-state index contributed by atoms with van der Waals surface area (Å²) < 4.78 is 1.27. The second-order valence-electron chi connectivity index (χ2n) is 3.02. The molecular weight excluding hydrogens is 267 g/mol. The van der Waals surface area contributed by atoms with E-state index in [1.165, 1.54) is 10.9 Å². The van der Waals surface area contributed by atoms with Crippen molar-refractivity contribution in [2.45, 2.75) is 5.88 Å². The standard InChI is InChI=1S/C9H6Cl2N4O2/c10-4-6-13-8(9(16)17)14-15(6)5-2-1-3-12-7(5)11/h1-3H,4H2,(H,16,17). The van der Waals surface area contributed by atoms with Gasteiger partial charge in [-0.25, -0.2) is 19.4 Å². The number of alkyl halides is 1. The summed E-state index contributed by atoms with van der Waals surface area (Å²) in [6, 6.07) is 3.30. The van der Waals surface area contributed by atoms with Crippen molar-refractivity contribution < 1.29 is 9.90 Å². The number of rotatable bonds is 3. The zero-order valence-corrected chi connectivity index (χ0v) is 9.85. The lowest BCUT2D eigenvalue weighted by molar-refractivity contribution is 0.0683. The second kappa shape index (κ2) is 4.68. The number of pyridine rings is 1. The van der Waals surface area contributed by atoms with Crippen LogP contribution in [0.25, 0.3) is 5.69 Å². The zero-order valence-electron chi connectivity index (χ0n) is 8.34. The number of carboxylic acids is 1. The molecule has 0 fully saturated rings. The summed E-state index contributed by atoms with van der Waals surface area (Å²) >= 11 is 11.6. The number of hydrogen-bond donors (Lipinski definition) is 1. The maximum atomic E-state index is 10.8. The van der Waals surface area contributed by atoms with Crippen molar-refractivity contribution in [3.05, 3.63) is 35.1 Å². The molecule has 2 heterocycles. The van der Waals surface area contributed by atoms with Crippen LogP contribution in [0.15, 0.2) is 18.3 Å². The predicted octanol–water partition coefficient (Wildman–Crippen LogP) is 1.75. The molecule has 0 aromatic carbocycles. The molecule has 0 radical (unpaired) electrons. The van der Waals surface area contributed by atoms with E-state index in [-0.39, 0.29) is 16.9 Å². The van der Waals surface area contributed by atoms with Crippen molar-refractivity contribution in [1.82, 2.24) is 19.7 Å². The Morgan fingerprint density at radius 1 is 1.53 bits per heavy atom. The van der Waals surface area contributed by atoms with Crippen LogP contribution >= 0.6 is 23.2 Å². The summed E-state index contributed by atoms with van der Waals surface area (Å²) in [4.78, 5) is 18.4. The van der Waals surface area contributed by atoms with Gasteiger partial charge in [0.25, 0.3) is 5.82 Å². The molecular formula is C9H6Cl2N4O2. The van der Waals surface area contributed by atoms with Crippen LogP contribution in [0.3, 0.4) is 0 Å². The number of carboxylic acid groups (broad SMARTS) is 1. The Morgan fingerprint density at radius 2 is 2.29 bits per heavy atom. The smallest absolute Gasteiger partial charge is 0.375 e. The third-order valence-corrected chi connectivity index (χ3v) is 2.48. The molecule has 88 valence electrons. The summed E-state index contributed by atoms with van der Waals surface area (Å²) in [7, 11) is 0. The fourth-order valence-electron chi connectivity index (χ4n) is 1.25. The molecule has 0 aliphatic rings. The van der Waals surface area contributed by atoms with Gasteiger partial charge in [-0.3, -0.25) is 0 Å².